The minimum absolute atomic E-state index is 0.143. The second kappa shape index (κ2) is 11.9. The summed E-state index contributed by atoms with van der Waals surface area (Å²) >= 11 is 1.11. The molecule has 0 saturated heterocycles. The van der Waals surface area contributed by atoms with Gasteiger partial charge >= 0.3 is 12.2 Å². The molecule has 0 saturated carbocycles. The van der Waals surface area contributed by atoms with Gasteiger partial charge in [0.1, 0.15) is 5.60 Å². The van der Waals surface area contributed by atoms with Crippen LogP contribution in [-0.4, -0.2) is 45.4 Å². The number of thiazole rings is 1. The van der Waals surface area contributed by atoms with Gasteiger partial charge in [-0.3, -0.25) is 4.90 Å². The van der Waals surface area contributed by atoms with Gasteiger partial charge in [0, 0.05) is 29.4 Å². The summed E-state index contributed by atoms with van der Waals surface area (Å²) in [5.41, 5.74) is 0.405. The van der Waals surface area contributed by atoms with Crippen molar-refractivity contribution in [1.82, 2.24) is 15.3 Å². The second-order valence-corrected chi connectivity index (χ2v) is 11.1. The fourth-order valence-electron chi connectivity index (χ4n) is 3.97. The number of pyridine rings is 1. The molecule has 0 spiro atoms. The van der Waals surface area contributed by atoms with Crippen molar-refractivity contribution in [3.05, 3.63) is 78.0 Å². The van der Waals surface area contributed by atoms with E-state index in [0.29, 0.717) is 15.8 Å². The Balaban J connectivity index is 1.59. The van der Waals surface area contributed by atoms with Gasteiger partial charge in [-0.25, -0.2) is 28.3 Å². The third-order valence-corrected chi connectivity index (χ3v) is 6.84. The normalized spacial score (nSPS) is 12.4. The molecule has 0 fully saturated rings. The molecule has 0 unspecified atom stereocenters. The average Bonchev–Trinajstić information content (AvgIpc) is 3.35. The molecular formula is C28H27F3N4O4S. The highest BCUT2D eigenvalue weighted by atomic mass is 32.1. The molecule has 2 aromatic carbocycles. The molecule has 210 valence electrons. The Morgan fingerprint density at radius 3 is 2.42 bits per heavy atom. The SMILES string of the molecule is CC(C)(C)OC(=O)N[C@H](Cc1ccc(C(F)F)cc1)CN(C(=O)O)c1ncc(-c2ccc3cnc(F)cc3c2)s1. The number of nitrogens with zero attached hydrogens (tertiary/aromatic N) is 3. The predicted octanol–water partition coefficient (Wildman–Crippen LogP) is 7.06. The Labute approximate surface area is 232 Å². The first kappa shape index (κ1) is 28.8. The maximum Gasteiger partial charge on any atom is 0.413 e. The van der Waals surface area contributed by atoms with Crippen molar-refractivity contribution in [2.75, 3.05) is 11.4 Å². The minimum Gasteiger partial charge on any atom is -0.465 e. The van der Waals surface area contributed by atoms with Crippen LogP contribution in [0.1, 0.15) is 38.3 Å². The zero-order valence-corrected chi connectivity index (χ0v) is 22.7. The number of alkyl halides is 2. The second-order valence-electron chi connectivity index (χ2n) is 10.1. The van der Waals surface area contributed by atoms with Crippen LogP contribution >= 0.6 is 11.3 Å². The summed E-state index contributed by atoms with van der Waals surface area (Å²) in [7, 11) is 0. The predicted molar refractivity (Wildman–Crippen MR) is 146 cm³/mol. The number of halogens is 3. The van der Waals surface area contributed by atoms with Gasteiger partial charge < -0.3 is 15.2 Å². The van der Waals surface area contributed by atoms with Crippen molar-refractivity contribution < 1.29 is 32.6 Å². The van der Waals surface area contributed by atoms with Crippen molar-refractivity contribution in [2.24, 2.45) is 0 Å². The first-order valence-electron chi connectivity index (χ1n) is 12.3. The lowest BCUT2D eigenvalue weighted by molar-refractivity contribution is 0.0505. The largest absolute Gasteiger partial charge is 0.465 e. The van der Waals surface area contributed by atoms with E-state index in [2.05, 4.69) is 15.3 Å². The van der Waals surface area contributed by atoms with Crippen LogP contribution in [0.2, 0.25) is 0 Å². The van der Waals surface area contributed by atoms with E-state index in [9.17, 15) is 27.9 Å². The summed E-state index contributed by atoms with van der Waals surface area (Å²) in [5.74, 6) is -0.612. The van der Waals surface area contributed by atoms with Crippen molar-refractivity contribution >= 4 is 39.4 Å². The summed E-state index contributed by atoms with van der Waals surface area (Å²) in [6.07, 6.45) is -1.56. The molecular weight excluding hydrogens is 545 g/mol. The van der Waals surface area contributed by atoms with E-state index in [1.54, 1.807) is 39.0 Å². The lowest BCUT2D eigenvalue weighted by Crippen LogP contribution is -2.48. The summed E-state index contributed by atoms with van der Waals surface area (Å²) in [6.45, 7) is 4.90. The van der Waals surface area contributed by atoms with Gasteiger partial charge in [0.2, 0.25) is 5.95 Å². The molecule has 2 N–H and O–H groups in total. The number of aromatic nitrogens is 2. The molecule has 0 aliphatic rings. The number of hydrogen-bond donors (Lipinski definition) is 2. The smallest absolute Gasteiger partial charge is 0.413 e. The Hall–Kier alpha value is -4.19. The number of alkyl carbamates (subject to hydrolysis) is 1. The number of amides is 2. The third kappa shape index (κ3) is 7.47. The molecule has 0 aliphatic heterocycles. The fraction of sp³-hybridized carbons (Fsp3) is 0.286. The molecule has 1 atom stereocenters. The van der Waals surface area contributed by atoms with Crippen LogP contribution in [0.15, 0.2) is 60.9 Å². The van der Waals surface area contributed by atoms with Gasteiger partial charge in [0.15, 0.2) is 5.13 Å². The van der Waals surface area contributed by atoms with E-state index in [-0.39, 0.29) is 23.7 Å². The molecule has 4 aromatic rings. The molecule has 4 rings (SSSR count). The number of anilines is 1. The van der Waals surface area contributed by atoms with Crippen LogP contribution in [-0.2, 0) is 11.2 Å². The summed E-state index contributed by atoms with van der Waals surface area (Å²) in [6, 6.07) is 11.5. The quantitative estimate of drug-likeness (QED) is 0.219. The number of hydrogen-bond acceptors (Lipinski definition) is 6. The molecule has 2 aromatic heterocycles. The van der Waals surface area contributed by atoms with Gasteiger partial charge in [-0.05, 0) is 49.8 Å². The van der Waals surface area contributed by atoms with Crippen LogP contribution in [0.5, 0.6) is 0 Å². The van der Waals surface area contributed by atoms with Crippen LogP contribution in [0.3, 0.4) is 0 Å². The van der Waals surface area contributed by atoms with Crippen molar-refractivity contribution in [3.63, 3.8) is 0 Å². The van der Waals surface area contributed by atoms with Crippen LogP contribution in [0.4, 0.5) is 27.9 Å². The maximum absolute atomic E-state index is 13.6. The van der Waals surface area contributed by atoms with Crippen LogP contribution < -0.4 is 10.2 Å². The Kier molecular flexibility index (Phi) is 8.58. The minimum atomic E-state index is -2.62. The highest BCUT2D eigenvalue weighted by Gasteiger charge is 2.26. The van der Waals surface area contributed by atoms with Gasteiger partial charge in [0.25, 0.3) is 6.43 Å². The van der Waals surface area contributed by atoms with E-state index < -0.39 is 36.2 Å². The van der Waals surface area contributed by atoms with Crippen molar-refractivity contribution in [3.8, 4) is 10.4 Å². The first-order valence-corrected chi connectivity index (χ1v) is 13.1. The summed E-state index contributed by atoms with van der Waals surface area (Å²) in [5, 5.41) is 14.3. The Morgan fingerprint density at radius 2 is 1.77 bits per heavy atom. The van der Waals surface area contributed by atoms with E-state index in [1.165, 1.54) is 42.7 Å². The summed E-state index contributed by atoms with van der Waals surface area (Å²) in [4.78, 5) is 34.5. The van der Waals surface area contributed by atoms with Crippen LogP contribution in [0, 0.1) is 5.95 Å². The van der Waals surface area contributed by atoms with Gasteiger partial charge in [-0.15, -0.1) is 0 Å². The first-order chi connectivity index (χ1) is 18.9. The highest BCUT2D eigenvalue weighted by molar-refractivity contribution is 7.19. The topological polar surface area (TPSA) is 105 Å². The van der Waals surface area contributed by atoms with Gasteiger partial charge in [-0.2, -0.15) is 4.39 Å². The lowest BCUT2D eigenvalue weighted by atomic mass is 10.0. The van der Waals surface area contributed by atoms with E-state index in [4.69, 9.17) is 4.74 Å². The maximum atomic E-state index is 13.6. The molecule has 0 aliphatic carbocycles. The zero-order valence-electron chi connectivity index (χ0n) is 21.9. The number of benzene rings is 2. The number of carbonyl (C=O) groups excluding carboxylic acids is 1. The highest BCUT2D eigenvalue weighted by Crippen LogP contribution is 2.33. The van der Waals surface area contributed by atoms with Crippen molar-refractivity contribution in [2.45, 2.75) is 45.3 Å². The van der Waals surface area contributed by atoms with E-state index in [1.807, 2.05) is 0 Å². The number of carboxylic acid groups (broad SMARTS) is 1. The number of fused-ring (bicyclic) bond motifs is 1. The molecule has 2 heterocycles. The van der Waals surface area contributed by atoms with E-state index >= 15 is 0 Å². The van der Waals surface area contributed by atoms with E-state index in [0.717, 1.165) is 27.2 Å². The lowest BCUT2D eigenvalue weighted by Gasteiger charge is -2.27. The molecule has 0 bridgehead atoms. The third-order valence-electron chi connectivity index (χ3n) is 5.77. The zero-order chi connectivity index (χ0) is 29.0. The van der Waals surface area contributed by atoms with Gasteiger partial charge in [-0.1, -0.05) is 47.7 Å². The standard InChI is InChI=1S/C28H27F3N4O4S/c1-28(2,3)39-26(36)34-21(10-16-4-6-17(7-5-16)24(30)31)15-35(27(37)38)25-33-14-22(40-25)18-8-9-19-13-32-23(29)12-20(19)11-18/h4-9,11-14,21,24H,10,15H2,1-3H3,(H,34,36)(H,37,38)/t21-/m1/s1. The number of nitrogens with one attached hydrogen (secondary N) is 1. The number of rotatable bonds is 8. The Bertz CT molecular complexity index is 1510. The molecule has 8 nitrogen and oxygen atoms in total. The molecule has 2 amide bonds. The molecule has 40 heavy (non-hydrogen) atoms. The van der Waals surface area contributed by atoms with Crippen LogP contribution in [0.25, 0.3) is 21.2 Å². The Morgan fingerprint density at radius 1 is 1.05 bits per heavy atom. The fourth-order valence-corrected chi connectivity index (χ4v) is 4.88. The molecule has 0 radical (unpaired) electrons. The van der Waals surface area contributed by atoms with Gasteiger partial charge in [0.05, 0.1) is 17.5 Å². The number of ether oxygens (including phenoxy) is 1. The summed E-state index contributed by atoms with van der Waals surface area (Å²) < 4.78 is 44.9. The average molecular weight is 573 g/mol. The van der Waals surface area contributed by atoms with Crippen molar-refractivity contribution in [1.29, 1.82) is 0 Å². The molecule has 12 heteroatoms. The number of carbonyl (C=O) groups is 2. The monoisotopic (exact) mass is 572 g/mol.